The van der Waals surface area contributed by atoms with E-state index in [1.807, 2.05) is 20.8 Å². The van der Waals surface area contributed by atoms with Gasteiger partial charge < -0.3 is 24.4 Å². The van der Waals surface area contributed by atoms with Crippen molar-refractivity contribution in [3.05, 3.63) is 17.7 Å². The highest BCUT2D eigenvalue weighted by Gasteiger charge is 2.25. The Labute approximate surface area is 161 Å². The SMILES string of the molecule is CCOc1cc(C(=O)N[C@H](C)C(=O)N2CCCC2)cc(OCC)c1OCC. The lowest BCUT2D eigenvalue weighted by Crippen LogP contribution is -2.45. The number of nitrogens with one attached hydrogen (secondary N) is 1. The maximum Gasteiger partial charge on any atom is 0.252 e. The van der Waals surface area contributed by atoms with Crippen LogP contribution in [0.1, 0.15) is 50.9 Å². The third-order valence-corrected chi connectivity index (χ3v) is 4.31. The Kier molecular flexibility index (Phi) is 7.76. The maximum absolute atomic E-state index is 12.7. The molecule has 0 saturated carbocycles. The molecule has 27 heavy (non-hydrogen) atoms. The molecule has 150 valence electrons. The van der Waals surface area contributed by atoms with Gasteiger partial charge in [-0.05, 0) is 52.7 Å². The fourth-order valence-corrected chi connectivity index (χ4v) is 3.07. The first-order valence-corrected chi connectivity index (χ1v) is 9.67. The van der Waals surface area contributed by atoms with Crippen LogP contribution in [-0.2, 0) is 4.79 Å². The van der Waals surface area contributed by atoms with Crippen LogP contribution < -0.4 is 19.5 Å². The van der Waals surface area contributed by atoms with Crippen molar-refractivity contribution in [3.63, 3.8) is 0 Å². The molecule has 1 aromatic carbocycles. The van der Waals surface area contributed by atoms with Gasteiger partial charge in [-0.15, -0.1) is 0 Å². The highest BCUT2D eigenvalue weighted by molar-refractivity contribution is 5.98. The normalized spacial score (nSPS) is 14.6. The first-order chi connectivity index (χ1) is 13.0. The van der Waals surface area contributed by atoms with Crippen LogP contribution in [0.15, 0.2) is 12.1 Å². The minimum atomic E-state index is -0.590. The Morgan fingerprint density at radius 1 is 1.00 bits per heavy atom. The number of benzene rings is 1. The lowest BCUT2D eigenvalue weighted by atomic mass is 10.1. The van der Waals surface area contributed by atoms with Crippen molar-refractivity contribution < 1.29 is 23.8 Å². The standard InChI is InChI=1S/C20H30N2O5/c1-5-25-16-12-15(13-17(26-6-2)18(16)27-7-3)19(23)21-14(4)20(24)22-10-8-9-11-22/h12-14H,5-11H2,1-4H3,(H,21,23)/t14-/m1/s1. The number of ether oxygens (including phenoxy) is 3. The summed E-state index contributed by atoms with van der Waals surface area (Å²) in [4.78, 5) is 26.9. The molecule has 2 rings (SSSR count). The van der Waals surface area contributed by atoms with Crippen molar-refractivity contribution in [3.8, 4) is 17.2 Å². The van der Waals surface area contributed by atoms with Gasteiger partial charge in [-0.1, -0.05) is 0 Å². The van der Waals surface area contributed by atoms with E-state index in [4.69, 9.17) is 14.2 Å². The van der Waals surface area contributed by atoms with E-state index in [2.05, 4.69) is 5.32 Å². The van der Waals surface area contributed by atoms with E-state index < -0.39 is 6.04 Å². The van der Waals surface area contributed by atoms with E-state index in [1.54, 1.807) is 24.0 Å². The molecule has 0 bridgehead atoms. The highest BCUT2D eigenvalue weighted by Crippen LogP contribution is 2.39. The number of hydrogen-bond acceptors (Lipinski definition) is 5. The number of likely N-dealkylation sites (tertiary alicyclic amines) is 1. The number of hydrogen-bond donors (Lipinski definition) is 1. The monoisotopic (exact) mass is 378 g/mol. The summed E-state index contributed by atoms with van der Waals surface area (Å²) in [6.07, 6.45) is 2.03. The number of rotatable bonds is 9. The van der Waals surface area contributed by atoms with Crippen molar-refractivity contribution in [2.75, 3.05) is 32.9 Å². The molecule has 7 heteroatoms. The molecule has 1 aromatic rings. The highest BCUT2D eigenvalue weighted by atomic mass is 16.5. The number of nitrogens with zero attached hydrogens (tertiary/aromatic N) is 1. The van der Waals surface area contributed by atoms with Gasteiger partial charge in [-0.3, -0.25) is 9.59 Å². The van der Waals surface area contributed by atoms with Crippen LogP contribution in [0.5, 0.6) is 17.2 Å². The quantitative estimate of drug-likeness (QED) is 0.715. The molecule has 1 atom stereocenters. The van der Waals surface area contributed by atoms with Crippen LogP contribution in [0.2, 0.25) is 0 Å². The topological polar surface area (TPSA) is 77.1 Å². The van der Waals surface area contributed by atoms with Gasteiger partial charge in [0.25, 0.3) is 5.91 Å². The average molecular weight is 378 g/mol. The van der Waals surface area contributed by atoms with E-state index in [0.717, 1.165) is 25.9 Å². The van der Waals surface area contributed by atoms with Crippen molar-refractivity contribution >= 4 is 11.8 Å². The van der Waals surface area contributed by atoms with E-state index in [0.29, 0.717) is 42.6 Å². The Hall–Kier alpha value is -2.44. The van der Waals surface area contributed by atoms with E-state index in [-0.39, 0.29) is 11.8 Å². The molecule has 1 N–H and O–H groups in total. The minimum Gasteiger partial charge on any atom is -0.490 e. The fraction of sp³-hybridized carbons (Fsp3) is 0.600. The molecule has 1 heterocycles. The summed E-state index contributed by atoms with van der Waals surface area (Å²) in [6, 6.07) is 2.66. The predicted molar refractivity (Wildman–Crippen MR) is 103 cm³/mol. The first-order valence-electron chi connectivity index (χ1n) is 9.67. The van der Waals surface area contributed by atoms with Crippen LogP contribution in [0.3, 0.4) is 0 Å². The zero-order chi connectivity index (χ0) is 19.8. The molecule has 1 aliphatic heterocycles. The summed E-state index contributed by atoms with van der Waals surface area (Å²) in [5, 5.41) is 2.78. The van der Waals surface area contributed by atoms with Gasteiger partial charge in [0.2, 0.25) is 11.7 Å². The Balaban J connectivity index is 2.21. The second-order valence-corrected chi connectivity index (χ2v) is 6.33. The third-order valence-electron chi connectivity index (χ3n) is 4.31. The van der Waals surface area contributed by atoms with Crippen LogP contribution in [-0.4, -0.2) is 55.7 Å². The molecule has 0 unspecified atom stereocenters. The summed E-state index contributed by atoms with van der Waals surface area (Å²) in [5.41, 5.74) is 0.367. The van der Waals surface area contributed by atoms with Crippen molar-refractivity contribution in [2.45, 2.75) is 46.6 Å². The summed E-state index contributed by atoms with van der Waals surface area (Å²) < 4.78 is 16.9. The first kappa shape index (κ1) is 20.9. The van der Waals surface area contributed by atoms with Crippen molar-refractivity contribution in [1.82, 2.24) is 10.2 Å². The third kappa shape index (κ3) is 5.28. The summed E-state index contributed by atoms with van der Waals surface area (Å²) in [5.74, 6) is 0.990. The number of carbonyl (C=O) groups is 2. The zero-order valence-corrected chi connectivity index (χ0v) is 16.7. The van der Waals surface area contributed by atoms with Crippen LogP contribution in [0.4, 0.5) is 0 Å². The van der Waals surface area contributed by atoms with Gasteiger partial charge in [0.05, 0.1) is 19.8 Å². The van der Waals surface area contributed by atoms with E-state index >= 15 is 0 Å². The Morgan fingerprint density at radius 3 is 2.00 bits per heavy atom. The second kappa shape index (κ2) is 10.0. The number of amides is 2. The summed E-state index contributed by atoms with van der Waals surface area (Å²) >= 11 is 0. The average Bonchev–Trinajstić information content (AvgIpc) is 3.18. The molecular weight excluding hydrogens is 348 g/mol. The Morgan fingerprint density at radius 2 is 1.52 bits per heavy atom. The van der Waals surface area contributed by atoms with Crippen LogP contribution in [0, 0.1) is 0 Å². The minimum absolute atomic E-state index is 0.0538. The van der Waals surface area contributed by atoms with Crippen molar-refractivity contribution in [1.29, 1.82) is 0 Å². The fourth-order valence-electron chi connectivity index (χ4n) is 3.07. The van der Waals surface area contributed by atoms with Crippen LogP contribution in [0.25, 0.3) is 0 Å². The van der Waals surface area contributed by atoms with Crippen molar-refractivity contribution in [2.24, 2.45) is 0 Å². The van der Waals surface area contributed by atoms with Gasteiger partial charge >= 0.3 is 0 Å². The van der Waals surface area contributed by atoms with Gasteiger partial charge in [0.1, 0.15) is 6.04 Å². The van der Waals surface area contributed by atoms with Gasteiger partial charge in [0, 0.05) is 18.7 Å². The van der Waals surface area contributed by atoms with Crippen LogP contribution >= 0.6 is 0 Å². The molecule has 1 saturated heterocycles. The Bertz CT molecular complexity index is 629. The van der Waals surface area contributed by atoms with Gasteiger partial charge in [-0.2, -0.15) is 0 Å². The molecule has 7 nitrogen and oxygen atoms in total. The molecule has 0 radical (unpaired) electrons. The molecule has 0 aromatic heterocycles. The zero-order valence-electron chi connectivity index (χ0n) is 16.7. The van der Waals surface area contributed by atoms with Gasteiger partial charge in [0.15, 0.2) is 11.5 Å². The van der Waals surface area contributed by atoms with E-state index in [1.165, 1.54) is 0 Å². The largest absolute Gasteiger partial charge is 0.490 e. The molecule has 1 aliphatic rings. The molecular formula is C20H30N2O5. The molecule has 2 amide bonds. The lowest BCUT2D eigenvalue weighted by Gasteiger charge is -2.22. The lowest BCUT2D eigenvalue weighted by molar-refractivity contribution is -0.131. The second-order valence-electron chi connectivity index (χ2n) is 6.33. The molecule has 0 spiro atoms. The molecule has 0 aliphatic carbocycles. The summed E-state index contributed by atoms with van der Waals surface area (Å²) in [6.45, 7) is 10.1. The smallest absolute Gasteiger partial charge is 0.252 e. The predicted octanol–water partition coefficient (Wildman–Crippen LogP) is 2.62. The maximum atomic E-state index is 12.7. The summed E-state index contributed by atoms with van der Waals surface area (Å²) in [7, 11) is 0. The van der Waals surface area contributed by atoms with E-state index in [9.17, 15) is 9.59 Å². The number of carbonyl (C=O) groups excluding carboxylic acids is 2. The molecule has 1 fully saturated rings. The van der Waals surface area contributed by atoms with Gasteiger partial charge in [-0.25, -0.2) is 0 Å².